The summed E-state index contributed by atoms with van der Waals surface area (Å²) in [6.07, 6.45) is 5.56. The number of nitrogens with two attached hydrogens (primary N) is 2. The van der Waals surface area contributed by atoms with E-state index in [4.69, 9.17) is 11.5 Å². The molecule has 1 fully saturated rings. The third-order valence-electron chi connectivity index (χ3n) is 4.71. The lowest BCUT2D eigenvalue weighted by atomic mass is 9.87. The van der Waals surface area contributed by atoms with E-state index in [0.717, 1.165) is 49.2 Å². The van der Waals surface area contributed by atoms with E-state index in [0.29, 0.717) is 5.69 Å². The maximum atomic E-state index is 11.7. The lowest BCUT2D eigenvalue weighted by Crippen LogP contribution is -2.58. The van der Waals surface area contributed by atoms with E-state index < -0.39 is 5.66 Å². The first-order chi connectivity index (χ1) is 12.5. The fourth-order valence-electron chi connectivity index (χ4n) is 3.62. The van der Waals surface area contributed by atoms with E-state index in [1.165, 1.54) is 0 Å². The second-order valence-corrected chi connectivity index (χ2v) is 7.74. The predicted octanol–water partition coefficient (Wildman–Crippen LogP) is 3.21. The standard InChI is InChI=1S/C17H24N6O2S/c1-2-10-26-12-6-7-13(23(24)25)14(11-12)22-16(19)20-15(18)21-17(22)8-4-3-5-9-17/h6-7,11H,2-5,8-10H2,1H3,(H4,18,19,20,21). The molecule has 1 aromatic carbocycles. The van der Waals surface area contributed by atoms with Crippen LogP contribution < -0.4 is 16.4 Å². The summed E-state index contributed by atoms with van der Waals surface area (Å²) in [6, 6.07) is 5.15. The van der Waals surface area contributed by atoms with Crippen LogP contribution in [0.15, 0.2) is 33.1 Å². The molecule has 0 unspecified atom stereocenters. The number of hydrogen-bond donors (Lipinski definition) is 2. The maximum absolute atomic E-state index is 11.7. The summed E-state index contributed by atoms with van der Waals surface area (Å²) in [4.78, 5) is 22.7. The van der Waals surface area contributed by atoms with Crippen LogP contribution in [-0.4, -0.2) is 28.3 Å². The molecule has 1 saturated carbocycles. The fraction of sp³-hybridized carbons (Fsp3) is 0.529. The molecule has 1 aliphatic heterocycles. The zero-order chi connectivity index (χ0) is 18.7. The zero-order valence-electron chi connectivity index (χ0n) is 14.9. The van der Waals surface area contributed by atoms with E-state index in [1.54, 1.807) is 28.8 Å². The largest absolute Gasteiger partial charge is 0.369 e. The Bertz CT molecular complexity index is 758. The van der Waals surface area contributed by atoms with Gasteiger partial charge in [-0.25, -0.2) is 4.99 Å². The molecule has 8 nitrogen and oxygen atoms in total. The van der Waals surface area contributed by atoms with Gasteiger partial charge in [-0.1, -0.05) is 13.3 Å². The van der Waals surface area contributed by atoms with Gasteiger partial charge in [-0.15, -0.1) is 11.8 Å². The van der Waals surface area contributed by atoms with E-state index >= 15 is 0 Å². The quantitative estimate of drug-likeness (QED) is 0.462. The van der Waals surface area contributed by atoms with Crippen LogP contribution >= 0.6 is 11.8 Å². The monoisotopic (exact) mass is 376 g/mol. The number of anilines is 1. The van der Waals surface area contributed by atoms with Gasteiger partial charge in [0.05, 0.1) is 4.92 Å². The van der Waals surface area contributed by atoms with Crippen LogP contribution in [0.25, 0.3) is 0 Å². The maximum Gasteiger partial charge on any atom is 0.293 e. The fourth-order valence-corrected chi connectivity index (χ4v) is 4.42. The molecule has 0 atom stereocenters. The van der Waals surface area contributed by atoms with Gasteiger partial charge in [0.25, 0.3) is 5.69 Å². The first-order valence-electron chi connectivity index (χ1n) is 8.88. The van der Waals surface area contributed by atoms with Gasteiger partial charge in [0, 0.05) is 11.0 Å². The van der Waals surface area contributed by atoms with Crippen molar-refractivity contribution in [2.24, 2.45) is 21.5 Å². The Kier molecular flexibility index (Phi) is 5.36. The molecule has 1 aliphatic carbocycles. The smallest absolute Gasteiger partial charge is 0.293 e. The second kappa shape index (κ2) is 7.53. The number of hydrogen-bond acceptors (Lipinski definition) is 8. The lowest BCUT2D eigenvalue weighted by molar-refractivity contribution is -0.384. The summed E-state index contributed by atoms with van der Waals surface area (Å²) in [5.41, 5.74) is 11.9. The molecule has 0 amide bonds. The summed E-state index contributed by atoms with van der Waals surface area (Å²) < 4.78 is 0. The van der Waals surface area contributed by atoms with Crippen LogP contribution in [0, 0.1) is 10.1 Å². The third-order valence-corrected chi connectivity index (χ3v) is 5.91. The number of nitro benzene ring substituents is 1. The molecule has 0 aromatic heterocycles. The molecule has 140 valence electrons. The lowest BCUT2D eigenvalue weighted by Gasteiger charge is -2.45. The number of nitro groups is 1. The van der Waals surface area contributed by atoms with Gasteiger partial charge >= 0.3 is 0 Å². The molecule has 3 rings (SSSR count). The van der Waals surface area contributed by atoms with Crippen molar-refractivity contribution in [1.29, 1.82) is 0 Å². The van der Waals surface area contributed by atoms with Crippen LogP contribution in [0.4, 0.5) is 11.4 Å². The van der Waals surface area contributed by atoms with Crippen molar-refractivity contribution < 1.29 is 4.92 Å². The number of nitrogens with zero attached hydrogens (tertiary/aromatic N) is 4. The first kappa shape index (κ1) is 18.5. The highest BCUT2D eigenvalue weighted by atomic mass is 32.2. The molecule has 26 heavy (non-hydrogen) atoms. The number of thioether (sulfide) groups is 1. The Balaban J connectivity index is 2.11. The third kappa shape index (κ3) is 3.48. The SMILES string of the molecule is CCCSc1ccc([N+](=O)[O-])c(N2C(N)=NC(N)=NC23CCCCC3)c1. The van der Waals surface area contributed by atoms with E-state index in [2.05, 4.69) is 16.9 Å². The topological polar surface area (TPSA) is 123 Å². The molecule has 1 aromatic rings. The minimum atomic E-state index is -0.688. The molecule has 1 heterocycles. The van der Waals surface area contributed by atoms with E-state index in [9.17, 15) is 10.1 Å². The van der Waals surface area contributed by atoms with E-state index in [1.807, 2.05) is 6.07 Å². The molecular formula is C17H24N6O2S. The van der Waals surface area contributed by atoms with Crippen molar-refractivity contribution in [1.82, 2.24) is 0 Å². The second-order valence-electron chi connectivity index (χ2n) is 6.57. The Labute approximate surface area is 156 Å². The summed E-state index contributed by atoms with van der Waals surface area (Å²) in [5, 5.41) is 11.7. The van der Waals surface area contributed by atoms with Crippen LogP contribution in [0.5, 0.6) is 0 Å². The highest BCUT2D eigenvalue weighted by Crippen LogP contribution is 2.43. The molecule has 0 bridgehead atoms. The molecule has 1 spiro atoms. The molecule has 2 aliphatic rings. The summed E-state index contributed by atoms with van der Waals surface area (Å²) in [6.45, 7) is 2.10. The highest BCUT2D eigenvalue weighted by Gasteiger charge is 2.44. The number of rotatable bonds is 5. The Morgan fingerprint density at radius 2 is 2.04 bits per heavy atom. The first-order valence-corrected chi connectivity index (χ1v) is 9.86. The Hall–Kier alpha value is -2.29. The highest BCUT2D eigenvalue weighted by molar-refractivity contribution is 7.99. The van der Waals surface area contributed by atoms with Crippen molar-refractivity contribution in [3.8, 4) is 0 Å². The Morgan fingerprint density at radius 3 is 2.69 bits per heavy atom. The predicted molar refractivity (Wildman–Crippen MR) is 106 cm³/mol. The molecular weight excluding hydrogens is 352 g/mol. The summed E-state index contributed by atoms with van der Waals surface area (Å²) >= 11 is 1.67. The minimum Gasteiger partial charge on any atom is -0.369 e. The van der Waals surface area contributed by atoms with Gasteiger partial charge in [0.15, 0.2) is 0 Å². The number of benzene rings is 1. The van der Waals surface area contributed by atoms with Gasteiger partial charge in [0.2, 0.25) is 11.9 Å². The Morgan fingerprint density at radius 1 is 1.31 bits per heavy atom. The van der Waals surface area contributed by atoms with Crippen LogP contribution in [0.1, 0.15) is 45.4 Å². The minimum absolute atomic E-state index is 0.00428. The zero-order valence-corrected chi connectivity index (χ0v) is 15.7. The van der Waals surface area contributed by atoms with Crippen LogP contribution in [0.2, 0.25) is 0 Å². The van der Waals surface area contributed by atoms with Crippen molar-refractivity contribution >= 4 is 35.1 Å². The van der Waals surface area contributed by atoms with Gasteiger partial charge in [0.1, 0.15) is 11.4 Å². The van der Waals surface area contributed by atoms with E-state index in [-0.39, 0.29) is 22.5 Å². The molecule has 0 radical (unpaired) electrons. The molecule has 0 saturated heterocycles. The van der Waals surface area contributed by atoms with Crippen molar-refractivity contribution in [3.63, 3.8) is 0 Å². The van der Waals surface area contributed by atoms with Gasteiger partial charge in [-0.2, -0.15) is 4.99 Å². The normalized spacial score (nSPS) is 19.2. The summed E-state index contributed by atoms with van der Waals surface area (Å²) in [7, 11) is 0. The van der Waals surface area contributed by atoms with Crippen molar-refractivity contribution in [2.75, 3.05) is 10.7 Å². The van der Waals surface area contributed by atoms with Crippen LogP contribution in [-0.2, 0) is 0 Å². The average Bonchev–Trinajstić information content (AvgIpc) is 2.59. The van der Waals surface area contributed by atoms with Gasteiger partial charge < -0.3 is 11.5 Å². The molecule has 9 heteroatoms. The van der Waals surface area contributed by atoms with Gasteiger partial charge in [-0.05, 0) is 50.0 Å². The average molecular weight is 376 g/mol. The molecule has 4 N–H and O–H groups in total. The van der Waals surface area contributed by atoms with Crippen LogP contribution in [0.3, 0.4) is 0 Å². The number of aliphatic imine (C=N–C) groups is 2. The van der Waals surface area contributed by atoms with Gasteiger partial charge in [-0.3, -0.25) is 15.0 Å². The van der Waals surface area contributed by atoms with Crippen molar-refractivity contribution in [2.45, 2.75) is 56.0 Å². The number of guanidine groups is 2. The van der Waals surface area contributed by atoms with Crippen molar-refractivity contribution in [3.05, 3.63) is 28.3 Å². The summed E-state index contributed by atoms with van der Waals surface area (Å²) in [5.74, 6) is 1.25.